The molecule has 0 bridgehead atoms. The second-order valence-electron chi connectivity index (χ2n) is 4.63. The van der Waals surface area contributed by atoms with Crippen molar-refractivity contribution in [2.45, 2.75) is 12.8 Å². The molecule has 1 aliphatic carbocycles. The minimum Gasteiger partial charge on any atom is -0.492 e. The van der Waals surface area contributed by atoms with Crippen LogP contribution in [0.4, 0.5) is 0 Å². The number of hydrogen-bond acceptors (Lipinski definition) is 2. The highest BCUT2D eigenvalue weighted by atomic mass is 127. The fourth-order valence-electron chi connectivity index (χ4n) is 1.68. The van der Waals surface area contributed by atoms with Crippen molar-refractivity contribution in [1.29, 1.82) is 0 Å². The molecule has 20 heavy (non-hydrogen) atoms. The summed E-state index contributed by atoms with van der Waals surface area (Å²) in [5, 5.41) is 7.21. The average Bonchev–Trinajstić information content (AvgIpc) is 3.22. The van der Waals surface area contributed by atoms with Crippen molar-refractivity contribution in [2.75, 3.05) is 26.7 Å². The van der Waals surface area contributed by atoms with Gasteiger partial charge in [-0.25, -0.2) is 0 Å². The summed E-state index contributed by atoms with van der Waals surface area (Å²) in [6, 6.07) is 7.41. The lowest BCUT2D eigenvalue weighted by atomic mass is 10.3. The summed E-state index contributed by atoms with van der Waals surface area (Å²) in [7, 11) is 1.78. The van der Waals surface area contributed by atoms with Crippen LogP contribution in [-0.2, 0) is 0 Å². The number of guanidine groups is 1. The Labute approximate surface area is 142 Å². The number of hydrogen-bond donors (Lipinski definition) is 2. The molecule has 1 fully saturated rings. The number of aliphatic imine (C=N–C) groups is 1. The van der Waals surface area contributed by atoms with Gasteiger partial charge in [0.05, 0.1) is 6.54 Å². The maximum atomic E-state index is 5.88. The highest BCUT2D eigenvalue weighted by molar-refractivity contribution is 14.0. The van der Waals surface area contributed by atoms with Crippen LogP contribution in [0.1, 0.15) is 12.8 Å². The SMILES string of the molecule is CN=C(NCCOc1cccc(Cl)c1)NCC1CC1.I. The molecule has 112 valence electrons. The summed E-state index contributed by atoms with van der Waals surface area (Å²) in [6.45, 7) is 2.29. The molecule has 6 heteroatoms. The molecular formula is C14H21ClIN3O. The molecule has 0 aromatic heterocycles. The van der Waals surface area contributed by atoms with Gasteiger partial charge in [-0.05, 0) is 37.0 Å². The van der Waals surface area contributed by atoms with E-state index in [1.807, 2.05) is 24.3 Å². The first kappa shape index (κ1) is 17.4. The van der Waals surface area contributed by atoms with Gasteiger partial charge in [-0.15, -0.1) is 24.0 Å². The van der Waals surface area contributed by atoms with Crippen molar-refractivity contribution in [3.63, 3.8) is 0 Å². The molecule has 4 nitrogen and oxygen atoms in total. The Morgan fingerprint density at radius 2 is 2.20 bits per heavy atom. The summed E-state index contributed by atoms with van der Waals surface area (Å²) >= 11 is 5.88. The topological polar surface area (TPSA) is 45.7 Å². The Balaban J connectivity index is 0.00000200. The minimum atomic E-state index is 0. The lowest BCUT2D eigenvalue weighted by Gasteiger charge is -2.12. The highest BCUT2D eigenvalue weighted by Gasteiger charge is 2.20. The molecular weight excluding hydrogens is 389 g/mol. The third kappa shape index (κ3) is 6.65. The quantitative estimate of drug-likeness (QED) is 0.329. The molecule has 0 heterocycles. The number of nitrogens with one attached hydrogen (secondary N) is 2. The van der Waals surface area contributed by atoms with Gasteiger partial charge < -0.3 is 15.4 Å². The van der Waals surface area contributed by atoms with Crippen molar-refractivity contribution >= 4 is 41.5 Å². The first-order chi connectivity index (χ1) is 9.28. The molecule has 1 aromatic rings. The first-order valence-electron chi connectivity index (χ1n) is 6.61. The van der Waals surface area contributed by atoms with E-state index in [2.05, 4.69) is 15.6 Å². The molecule has 2 rings (SSSR count). The van der Waals surface area contributed by atoms with Crippen LogP contribution in [0, 0.1) is 5.92 Å². The maximum Gasteiger partial charge on any atom is 0.191 e. The zero-order chi connectivity index (χ0) is 13.5. The minimum absolute atomic E-state index is 0. The molecule has 0 saturated heterocycles. The van der Waals surface area contributed by atoms with Gasteiger partial charge in [-0.3, -0.25) is 4.99 Å². The number of benzene rings is 1. The number of nitrogens with zero attached hydrogens (tertiary/aromatic N) is 1. The monoisotopic (exact) mass is 409 g/mol. The van der Waals surface area contributed by atoms with E-state index in [1.165, 1.54) is 12.8 Å². The summed E-state index contributed by atoms with van der Waals surface area (Å²) < 4.78 is 5.59. The van der Waals surface area contributed by atoms with Crippen LogP contribution in [0.25, 0.3) is 0 Å². The lowest BCUT2D eigenvalue weighted by molar-refractivity contribution is 0.322. The van der Waals surface area contributed by atoms with E-state index in [9.17, 15) is 0 Å². The summed E-state index contributed by atoms with van der Waals surface area (Å²) in [5.41, 5.74) is 0. The Bertz CT molecular complexity index is 438. The molecule has 0 unspecified atom stereocenters. The van der Waals surface area contributed by atoms with Crippen molar-refractivity contribution in [3.8, 4) is 5.75 Å². The zero-order valence-electron chi connectivity index (χ0n) is 11.6. The summed E-state index contributed by atoms with van der Waals surface area (Å²) in [4.78, 5) is 4.16. The van der Waals surface area contributed by atoms with Gasteiger partial charge in [-0.2, -0.15) is 0 Å². The van der Waals surface area contributed by atoms with Crippen molar-refractivity contribution < 1.29 is 4.74 Å². The largest absolute Gasteiger partial charge is 0.492 e. The maximum absolute atomic E-state index is 5.88. The summed E-state index contributed by atoms with van der Waals surface area (Å²) in [5.74, 6) is 2.46. The van der Waals surface area contributed by atoms with Crippen LogP contribution >= 0.6 is 35.6 Å². The third-order valence-electron chi connectivity index (χ3n) is 2.94. The smallest absolute Gasteiger partial charge is 0.191 e. The fraction of sp³-hybridized carbons (Fsp3) is 0.500. The van der Waals surface area contributed by atoms with Crippen molar-refractivity contribution in [2.24, 2.45) is 10.9 Å². The van der Waals surface area contributed by atoms with E-state index in [4.69, 9.17) is 16.3 Å². The van der Waals surface area contributed by atoms with Crippen LogP contribution < -0.4 is 15.4 Å². The Morgan fingerprint density at radius 3 is 2.85 bits per heavy atom. The molecule has 0 amide bonds. The van der Waals surface area contributed by atoms with Crippen LogP contribution in [0.15, 0.2) is 29.3 Å². The van der Waals surface area contributed by atoms with Crippen LogP contribution in [-0.4, -0.2) is 32.7 Å². The summed E-state index contributed by atoms with van der Waals surface area (Å²) in [6.07, 6.45) is 2.67. The predicted molar refractivity (Wildman–Crippen MR) is 94.5 cm³/mol. The van der Waals surface area contributed by atoms with Gasteiger partial charge in [0.2, 0.25) is 0 Å². The van der Waals surface area contributed by atoms with Crippen LogP contribution in [0.3, 0.4) is 0 Å². The Hall–Kier alpha value is -0.690. The molecule has 0 spiro atoms. The van der Waals surface area contributed by atoms with Gasteiger partial charge in [0.25, 0.3) is 0 Å². The van der Waals surface area contributed by atoms with E-state index in [-0.39, 0.29) is 24.0 Å². The van der Waals surface area contributed by atoms with E-state index < -0.39 is 0 Å². The van der Waals surface area contributed by atoms with E-state index in [1.54, 1.807) is 7.05 Å². The fourth-order valence-corrected chi connectivity index (χ4v) is 1.86. The molecule has 0 aliphatic heterocycles. The second kappa shape index (κ2) is 9.28. The van der Waals surface area contributed by atoms with Gasteiger partial charge >= 0.3 is 0 Å². The van der Waals surface area contributed by atoms with E-state index >= 15 is 0 Å². The van der Waals surface area contributed by atoms with Crippen LogP contribution in [0.2, 0.25) is 5.02 Å². The first-order valence-corrected chi connectivity index (χ1v) is 6.98. The van der Waals surface area contributed by atoms with Gasteiger partial charge in [-0.1, -0.05) is 17.7 Å². The standard InChI is InChI=1S/C14H20ClN3O.HI/c1-16-14(18-10-11-5-6-11)17-7-8-19-13-4-2-3-12(15)9-13;/h2-4,9,11H,5-8,10H2,1H3,(H2,16,17,18);1H. The second-order valence-corrected chi connectivity index (χ2v) is 5.07. The number of halogens is 2. The molecule has 0 atom stereocenters. The number of ether oxygens (including phenoxy) is 1. The Kier molecular flexibility index (Phi) is 8.06. The zero-order valence-corrected chi connectivity index (χ0v) is 14.7. The average molecular weight is 410 g/mol. The van der Waals surface area contributed by atoms with Crippen molar-refractivity contribution in [3.05, 3.63) is 29.3 Å². The molecule has 1 saturated carbocycles. The predicted octanol–water partition coefficient (Wildman–Crippen LogP) is 2.91. The molecule has 0 radical (unpaired) electrons. The Morgan fingerprint density at radius 1 is 1.40 bits per heavy atom. The third-order valence-corrected chi connectivity index (χ3v) is 3.17. The normalized spacial score (nSPS) is 14.4. The van der Waals surface area contributed by atoms with Gasteiger partial charge in [0.15, 0.2) is 5.96 Å². The lowest BCUT2D eigenvalue weighted by Crippen LogP contribution is -2.40. The van der Waals surface area contributed by atoms with E-state index in [0.717, 1.165) is 24.2 Å². The molecule has 2 N–H and O–H groups in total. The molecule has 1 aliphatic rings. The van der Waals surface area contributed by atoms with Crippen molar-refractivity contribution in [1.82, 2.24) is 10.6 Å². The number of rotatable bonds is 6. The molecule has 1 aromatic carbocycles. The van der Waals surface area contributed by atoms with Gasteiger partial charge in [0, 0.05) is 18.6 Å². The van der Waals surface area contributed by atoms with Crippen LogP contribution in [0.5, 0.6) is 5.75 Å². The van der Waals surface area contributed by atoms with Gasteiger partial charge in [0.1, 0.15) is 12.4 Å². The highest BCUT2D eigenvalue weighted by Crippen LogP contribution is 2.27. The van der Waals surface area contributed by atoms with E-state index in [0.29, 0.717) is 18.2 Å².